The summed E-state index contributed by atoms with van der Waals surface area (Å²) >= 11 is 0. The number of aliphatic hydroxyl groups is 1. The second kappa shape index (κ2) is 2.10. The first-order valence-corrected chi connectivity index (χ1v) is 3.29. The number of Topliss-reactive ketones (excluding diaryl/α,β-unsaturated/α-hetero) is 1. The van der Waals surface area contributed by atoms with Crippen LogP contribution in [0.1, 0.15) is 26.2 Å². The molecule has 0 aliphatic heterocycles. The van der Waals surface area contributed by atoms with E-state index in [1.807, 2.05) is 6.92 Å². The topological polar surface area (TPSA) is 37.3 Å². The van der Waals surface area contributed by atoms with E-state index in [1.54, 1.807) is 0 Å². The summed E-state index contributed by atoms with van der Waals surface area (Å²) in [5, 5.41) is 8.54. The van der Waals surface area contributed by atoms with Crippen molar-refractivity contribution in [3.8, 4) is 0 Å². The summed E-state index contributed by atoms with van der Waals surface area (Å²) in [5.74, 6) is 0.339. The number of rotatable bonds is 2. The van der Waals surface area contributed by atoms with Gasteiger partial charge in [0.05, 0.1) is 0 Å². The summed E-state index contributed by atoms with van der Waals surface area (Å²) < 4.78 is 0. The Morgan fingerprint density at radius 3 is 2.56 bits per heavy atom. The van der Waals surface area contributed by atoms with Crippen molar-refractivity contribution in [3.05, 3.63) is 0 Å². The van der Waals surface area contributed by atoms with Crippen LogP contribution in [0.2, 0.25) is 0 Å². The minimum absolute atomic E-state index is 0.145. The number of carbonyl (C=O) groups is 1. The molecule has 0 unspecified atom stereocenters. The Morgan fingerprint density at radius 1 is 1.67 bits per heavy atom. The SMILES string of the molecule is CC1(CCO)CC(=O)C1. The van der Waals surface area contributed by atoms with E-state index in [1.165, 1.54) is 0 Å². The Kier molecular flexibility index (Phi) is 1.58. The molecule has 0 heterocycles. The molecule has 0 aromatic rings. The van der Waals surface area contributed by atoms with Crippen LogP contribution < -0.4 is 0 Å². The summed E-state index contributed by atoms with van der Waals surface area (Å²) in [4.78, 5) is 10.5. The Hall–Kier alpha value is -0.370. The van der Waals surface area contributed by atoms with Gasteiger partial charge in [0.2, 0.25) is 0 Å². The van der Waals surface area contributed by atoms with Crippen molar-refractivity contribution in [2.24, 2.45) is 5.41 Å². The first-order valence-electron chi connectivity index (χ1n) is 3.29. The fraction of sp³-hybridized carbons (Fsp3) is 0.857. The molecule has 2 nitrogen and oxygen atoms in total. The first kappa shape index (κ1) is 6.75. The van der Waals surface area contributed by atoms with Crippen LogP contribution >= 0.6 is 0 Å². The van der Waals surface area contributed by atoms with Gasteiger partial charge in [-0.15, -0.1) is 0 Å². The van der Waals surface area contributed by atoms with Gasteiger partial charge in [0.25, 0.3) is 0 Å². The molecule has 0 spiro atoms. The number of hydrogen-bond acceptors (Lipinski definition) is 2. The molecule has 2 heteroatoms. The van der Waals surface area contributed by atoms with Crippen molar-refractivity contribution >= 4 is 5.78 Å². The fourth-order valence-corrected chi connectivity index (χ4v) is 1.35. The van der Waals surface area contributed by atoms with Gasteiger partial charge in [-0.25, -0.2) is 0 Å². The molecule has 52 valence electrons. The van der Waals surface area contributed by atoms with E-state index < -0.39 is 0 Å². The molecule has 1 fully saturated rings. The van der Waals surface area contributed by atoms with Gasteiger partial charge < -0.3 is 5.11 Å². The van der Waals surface area contributed by atoms with Crippen molar-refractivity contribution in [3.63, 3.8) is 0 Å². The van der Waals surface area contributed by atoms with Crippen LogP contribution in [0.25, 0.3) is 0 Å². The van der Waals surface area contributed by atoms with Crippen molar-refractivity contribution in [2.45, 2.75) is 26.2 Å². The molecule has 1 aliphatic rings. The van der Waals surface area contributed by atoms with E-state index >= 15 is 0 Å². The van der Waals surface area contributed by atoms with Gasteiger partial charge in [0.1, 0.15) is 5.78 Å². The van der Waals surface area contributed by atoms with Gasteiger partial charge in [-0.3, -0.25) is 4.79 Å². The molecule has 0 saturated heterocycles. The third kappa shape index (κ3) is 1.30. The summed E-state index contributed by atoms with van der Waals surface area (Å²) in [5.41, 5.74) is 0.145. The summed E-state index contributed by atoms with van der Waals surface area (Å²) in [7, 11) is 0. The molecule has 1 N–H and O–H groups in total. The predicted octanol–water partition coefficient (Wildman–Crippen LogP) is 0.738. The lowest BCUT2D eigenvalue weighted by molar-refractivity contribution is -0.132. The highest BCUT2D eigenvalue weighted by atomic mass is 16.3. The zero-order valence-electron chi connectivity index (χ0n) is 5.68. The molecule has 0 amide bonds. The lowest BCUT2D eigenvalue weighted by atomic mass is 9.67. The molecule has 0 atom stereocenters. The highest BCUT2D eigenvalue weighted by Crippen LogP contribution is 2.39. The third-order valence-corrected chi connectivity index (χ3v) is 1.96. The molecule has 1 saturated carbocycles. The van der Waals surface area contributed by atoms with Crippen molar-refractivity contribution in [1.29, 1.82) is 0 Å². The summed E-state index contributed by atoms with van der Waals surface area (Å²) in [6.45, 7) is 2.26. The van der Waals surface area contributed by atoms with E-state index in [0.717, 1.165) is 6.42 Å². The summed E-state index contributed by atoms with van der Waals surface area (Å²) in [6, 6.07) is 0. The largest absolute Gasteiger partial charge is 0.396 e. The lowest BCUT2D eigenvalue weighted by Crippen LogP contribution is -2.35. The van der Waals surface area contributed by atoms with Crippen LogP contribution in [0.15, 0.2) is 0 Å². The maximum atomic E-state index is 10.5. The van der Waals surface area contributed by atoms with Gasteiger partial charge in [-0.2, -0.15) is 0 Å². The Morgan fingerprint density at radius 2 is 2.22 bits per heavy atom. The molecule has 0 aromatic carbocycles. The monoisotopic (exact) mass is 128 g/mol. The van der Waals surface area contributed by atoms with E-state index in [4.69, 9.17) is 5.11 Å². The zero-order chi connectivity index (χ0) is 6.91. The molecule has 0 bridgehead atoms. The molecule has 1 rings (SSSR count). The maximum Gasteiger partial charge on any atom is 0.134 e. The van der Waals surface area contributed by atoms with Crippen LogP contribution in [0.5, 0.6) is 0 Å². The number of aliphatic hydroxyl groups excluding tert-OH is 1. The minimum atomic E-state index is 0.145. The van der Waals surface area contributed by atoms with Gasteiger partial charge in [-0.1, -0.05) is 6.92 Å². The van der Waals surface area contributed by atoms with E-state index in [-0.39, 0.29) is 12.0 Å². The second-order valence-electron chi connectivity index (χ2n) is 3.18. The van der Waals surface area contributed by atoms with Crippen molar-refractivity contribution < 1.29 is 9.90 Å². The lowest BCUT2D eigenvalue weighted by Gasteiger charge is -2.36. The standard InChI is InChI=1S/C7H12O2/c1-7(2-3-8)4-6(9)5-7/h8H,2-5H2,1H3. The number of carbonyl (C=O) groups excluding carboxylic acids is 1. The molecular weight excluding hydrogens is 116 g/mol. The summed E-state index contributed by atoms with van der Waals surface area (Å²) in [6.07, 6.45) is 2.12. The van der Waals surface area contributed by atoms with Crippen molar-refractivity contribution in [2.75, 3.05) is 6.61 Å². The fourth-order valence-electron chi connectivity index (χ4n) is 1.35. The van der Waals surface area contributed by atoms with Gasteiger partial charge in [-0.05, 0) is 11.8 Å². The molecule has 0 aromatic heterocycles. The zero-order valence-corrected chi connectivity index (χ0v) is 5.68. The normalized spacial score (nSPS) is 23.6. The average molecular weight is 128 g/mol. The van der Waals surface area contributed by atoms with E-state index in [2.05, 4.69) is 0 Å². The minimum Gasteiger partial charge on any atom is -0.396 e. The average Bonchev–Trinajstić information content (AvgIpc) is 1.62. The highest BCUT2D eigenvalue weighted by molar-refractivity contribution is 5.85. The smallest absolute Gasteiger partial charge is 0.134 e. The Labute approximate surface area is 54.9 Å². The molecule has 1 aliphatic carbocycles. The highest BCUT2D eigenvalue weighted by Gasteiger charge is 2.37. The molecule has 9 heavy (non-hydrogen) atoms. The first-order chi connectivity index (χ1) is 4.16. The van der Waals surface area contributed by atoms with Crippen LogP contribution in [0.3, 0.4) is 0 Å². The quantitative estimate of drug-likeness (QED) is 0.595. The van der Waals surface area contributed by atoms with Gasteiger partial charge in [0.15, 0.2) is 0 Å². The predicted molar refractivity (Wildman–Crippen MR) is 34.1 cm³/mol. The third-order valence-electron chi connectivity index (χ3n) is 1.96. The second-order valence-corrected chi connectivity index (χ2v) is 3.18. The van der Waals surface area contributed by atoms with Crippen LogP contribution in [-0.2, 0) is 4.79 Å². The van der Waals surface area contributed by atoms with Crippen LogP contribution in [0, 0.1) is 5.41 Å². The maximum absolute atomic E-state index is 10.5. The Bertz CT molecular complexity index is 121. The van der Waals surface area contributed by atoms with Gasteiger partial charge >= 0.3 is 0 Å². The van der Waals surface area contributed by atoms with Gasteiger partial charge in [0, 0.05) is 19.4 Å². The number of ketones is 1. The van der Waals surface area contributed by atoms with E-state index in [9.17, 15) is 4.79 Å². The van der Waals surface area contributed by atoms with Crippen LogP contribution in [-0.4, -0.2) is 17.5 Å². The number of hydrogen-bond donors (Lipinski definition) is 1. The molecule has 0 radical (unpaired) electrons. The van der Waals surface area contributed by atoms with Crippen LogP contribution in [0.4, 0.5) is 0 Å². The molecular formula is C7H12O2. The Balaban J connectivity index is 2.31. The van der Waals surface area contributed by atoms with E-state index in [0.29, 0.717) is 18.6 Å². The van der Waals surface area contributed by atoms with Crippen molar-refractivity contribution in [1.82, 2.24) is 0 Å².